The number of aromatic nitrogens is 2. The van der Waals surface area contributed by atoms with Gasteiger partial charge in [-0.05, 0) is 41.1 Å². The minimum absolute atomic E-state index is 0.285. The van der Waals surface area contributed by atoms with Crippen LogP contribution in [-0.2, 0) is 20.0 Å². The normalized spacial score (nSPS) is 17.4. The molecule has 1 aliphatic rings. The summed E-state index contributed by atoms with van der Waals surface area (Å²) in [6.07, 6.45) is 3.55. The van der Waals surface area contributed by atoms with Crippen LogP contribution in [0, 0.1) is 5.92 Å². The molecule has 0 amide bonds. The topological polar surface area (TPSA) is 29.9 Å². The zero-order valence-corrected chi connectivity index (χ0v) is 12.7. The van der Waals surface area contributed by atoms with Gasteiger partial charge in [-0.15, -0.1) is 11.6 Å². The van der Waals surface area contributed by atoms with E-state index in [1.807, 2.05) is 11.7 Å². The molecule has 0 bridgehead atoms. The Labute approximate surface area is 116 Å². The van der Waals surface area contributed by atoms with Crippen LogP contribution in [0.25, 0.3) is 0 Å². The second kappa shape index (κ2) is 5.72. The van der Waals surface area contributed by atoms with E-state index in [0.717, 1.165) is 35.6 Å². The van der Waals surface area contributed by atoms with Crippen LogP contribution < -0.4 is 5.32 Å². The Morgan fingerprint density at radius 3 is 2.82 bits per heavy atom. The summed E-state index contributed by atoms with van der Waals surface area (Å²) >= 11 is 9.87. The second-order valence-electron chi connectivity index (χ2n) is 4.67. The molecule has 1 aromatic heterocycles. The van der Waals surface area contributed by atoms with Crippen LogP contribution in [0.5, 0.6) is 0 Å². The second-order valence-corrected chi connectivity index (χ2v) is 6.02. The van der Waals surface area contributed by atoms with Crippen LogP contribution in [0.1, 0.15) is 31.2 Å². The van der Waals surface area contributed by atoms with Gasteiger partial charge in [0.2, 0.25) is 0 Å². The molecule has 1 heterocycles. The third-order valence-electron chi connectivity index (χ3n) is 3.27. The summed E-state index contributed by atoms with van der Waals surface area (Å²) in [6.45, 7) is 3.82. The first-order valence-corrected chi connectivity index (χ1v) is 7.41. The monoisotopic (exact) mass is 319 g/mol. The molecule has 0 aliphatic heterocycles. The molecule has 0 aromatic carbocycles. The van der Waals surface area contributed by atoms with Crippen molar-refractivity contribution in [3.8, 4) is 0 Å². The van der Waals surface area contributed by atoms with Crippen molar-refractivity contribution in [1.82, 2.24) is 15.1 Å². The van der Waals surface area contributed by atoms with Gasteiger partial charge in [0, 0.05) is 25.5 Å². The lowest BCUT2D eigenvalue weighted by Crippen LogP contribution is -2.25. The van der Waals surface area contributed by atoms with Gasteiger partial charge in [0.15, 0.2) is 0 Å². The summed E-state index contributed by atoms with van der Waals surface area (Å²) in [4.78, 5) is 0. The van der Waals surface area contributed by atoms with E-state index in [9.17, 15) is 0 Å². The van der Waals surface area contributed by atoms with E-state index in [1.165, 1.54) is 18.5 Å². The van der Waals surface area contributed by atoms with Crippen molar-refractivity contribution < 1.29 is 0 Å². The molecule has 1 aromatic rings. The predicted molar refractivity (Wildman–Crippen MR) is 74.4 cm³/mol. The van der Waals surface area contributed by atoms with Gasteiger partial charge in [-0.1, -0.05) is 6.92 Å². The average molecular weight is 321 g/mol. The maximum absolute atomic E-state index is 6.26. The van der Waals surface area contributed by atoms with Crippen molar-refractivity contribution in [3.05, 3.63) is 15.9 Å². The molecule has 5 heteroatoms. The summed E-state index contributed by atoms with van der Waals surface area (Å²) in [7, 11) is 1.99. The summed E-state index contributed by atoms with van der Waals surface area (Å²) in [5, 5.41) is 8.17. The molecule has 1 atom stereocenters. The molecule has 0 spiro atoms. The van der Waals surface area contributed by atoms with Crippen molar-refractivity contribution >= 4 is 27.5 Å². The third kappa shape index (κ3) is 3.24. The van der Waals surface area contributed by atoms with E-state index in [2.05, 4.69) is 33.3 Å². The lowest BCUT2D eigenvalue weighted by molar-refractivity contribution is 0.588. The summed E-state index contributed by atoms with van der Waals surface area (Å²) < 4.78 is 3.07. The van der Waals surface area contributed by atoms with Gasteiger partial charge >= 0.3 is 0 Å². The van der Waals surface area contributed by atoms with Gasteiger partial charge in [-0.3, -0.25) is 4.68 Å². The first kappa shape index (κ1) is 13.4. The maximum atomic E-state index is 6.26. The van der Waals surface area contributed by atoms with Crippen LogP contribution in [0.4, 0.5) is 0 Å². The van der Waals surface area contributed by atoms with E-state index in [4.69, 9.17) is 11.6 Å². The van der Waals surface area contributed by atoms with Gasteiger partial charge in [-0.2, -0.15) is 5.10 Å². The zero-order valence-electron chi connectivity index (χ0n) is 10.3. The highest BCUT2D eigenvalue weighted by Crippen LogP contribution is 2.35. The third-order valence-corrected chi connectivity index (χ3v) is 4.69. The summed E-state index contributed by atoms with van der Waals surface area (Å²) in [5.41, 5.74) is 2.32. The quantitative estimate of drug-likeness (QED) is 0.817. The number of hydrogen-bond acceptors (Lipinski definition) is 2. The van der Waals surface area contributed by atoms with E-state index in [-0.39, 0.29) is 5.38 Å². The molecule has 96 valence electrons. The number of halogens is 2. The lowest BCUT2D eigenvalue weighted by atomic mass is 10.2. The summed E-state index contributed by atoms with van der Waals surface area (Å²) in [6, 6.07) is 0. The Bertz CT molecular complexity index is 387. The van der Waals surface area contributed by atoms with E-state index in [0.29, 0.717) is 0 Å². The van der Waals surface area contributed by atoms with Gasteiger partial charge in [0.1, 0.15) is 0 Å². The van der Waals surface area contributed by atoms with Gasteiger partial charge in [0.05, 0.1) is 15.9 Å². The van der Waals surface area contributed by atoms with Gasteiger partial charge < -0.3 is 5.32 Å². The fraction of sp³-hybridized carbons (Fsp3) is 0.750. The molecule has 1 aliphatic carbocycles. The Morgan fingerprint density at radius 2 is 2.29 bits per heavy atom. The van der Waals surface area contributed by atoms with Crippen LogP contribution >= 0.6 is 27.5 Å². The first-order chi connectivity index (χ1) is 8.13. The van der Waals surface area contributed by atoms with Crippen molar-refractivity contribution in [1.29, 1.82) is 0 Å². The lowest BCUT2D eigenvalue weighted by Gasteiger charge is -2.10. The molecular formula is C12H19BrClN3. The smallest absolute Gasteiger partial charge is 0.0767 e. The Balaban J connectivity index is 1.87. The van der Waals surface area contributed by atoms with Crippen molar-refractivity contribution in [2.24, 2.45) is 13.0 Å². The largest absolute Gasteiger partial charge is 0.310 e. The summed E-state index contributed by atoms with van der Waals surface area (Å²) in [5.74, 6) is 0.741. The molecule has 1 unspecified atom stereocenters. The number of hydrogen-bond donors (Lipinski definition) is 1. The van der Waals surface area contributed by atoms with E-state index in [1.54, 1.807) is 0 Å². The highest BCUT2D eigenvalue weighted by Gasteiger charge is 2.29. The maximum Gasteiger partial charge on any atom is 0.0767 e. The SMILES string of the molecule is CCc1nn(C)c(CNCC(Cl)C2CC2)c1Br. The zero-order chi connectivity index (χ0) is 12.4. The van der Waals surface area contributed by atoms with Crippen molar-refractivity contribution in [2.45, 2.75) is 38.1 Å². The molecule has 3 nitrogen and oxygen atoms in total. The molecule has 1 saturated carbocycles. The van der Waals surface area contributed by atoms with Crippen LogP contribution in [0.15, 0.2) is 4.47 Å². The minimum atomic E-state index is 0.285. The van der Waals surface area contributed by atoms with Crippen LogP contribution in [0.3, 0.4) is 0 Å². The van der Waals surface area contributed by atoms with Crippen LogP contribution in [0.2, 0.25) is 0 Å². The van der Waals surface area contributed by atoms with Gasteiger partial charge in [0.25, 0.3) is 0 Å². The number of alkyl halides is 1. The Kier molecular flexibility index (Phi) is 4.50. The average Bonchev–Trinajstić information content (AvgIpc) is 3.10. The molecule has 0 saturated heterocycles. The predicted octanol–water partition coefficient (Wildman–Crippen LogP) is 2.85. The molecular weight excluding hydrogens is 302 g/mol. The first-order valence-electron chi connectivity index (χ1n) is 6.18. The number of rotatable bonds is 6. The Hall–Kier alpha value is -0.0600. The highest BCUT2D eigenvalue weighted by atomic mass is 79.9. The number of nitrogens with zero attached hydrogens (tertiary/aromatic N) is 2. The van der Waals surface area contributed by atoms with Crippen LogP contribution in [-0.4, -0.2) is 21.7 Å². The minimum Gasteiger partial charge on any atom is -0.310 e. The van der Waals surface area contributed by atoms with Crippen molar-refractivity contribution in [2.75, 3.05) is 6.54 Å². The van der Waals surface area contributed by atoms with Crippen molar-refractivity contribution in [3.63, 3.8) is 0 Å². The Morgan fingerprint density at radius 1 is 1.59 bits per heavy atom. The van der Waals surface area contributed by atoms with E-state index < -0.39 is 0 Å². The van der Waals surface area contributed by atoms with Gasteiger partial charge in [-0.25, -0.2) is 0 Å². The molecule has 0 radical (unpaired) electrons. The number of nitrogens with one attached hydrogen (secondary N) is 1. The highest BCUT2D eigenvalue weighted by molar-refractivity contribution is 9.10. The molecule has 1 fully saturated rings. The molecule has 1 N–H and O–H groups in total. The number of aryl methyl sites for hydroxylation is 2. The molecule has 17 heavy (non-hydrogen) atoms. The molecule has 2 rings (SSSR count). The fourth-order valence-electron chi connectivity index (χ4n) is 1.96. The van der Waals surface area contributed by atoms with E-state index >= 15 is 0 Å². The standard InChI is InChI=1S/C12H19BrClN3/c1-3-10-12(13)11(17(2)16-10)7-15-6-9(14)8-4-5-8/h8-9,15H,3-7H2,1-2H3. The fourth-order valence-corrected chi connectivity index (χ4v) is 3.08.